The maximum absolute atomic E-state index is 13.1. The number of para-hydroxylation sites is 1. The molecule has 1 atom stereocenters. The van der Waals surface area contributed by atoms with Crippen LogP contribution in [0.5, 0.6) is 0 Å². The van der Waals surface area contributed by atoms with Gasteiger partial charge < -0.3 is 15.4 Å². The van der Waals surface area contributed by atoms with Gasteiger partial charge in [0.05, 0.1) is 0 Å². The average Bonchev–Trinajstić information content (AvgIpc) is 3.04. The van der Waals surface area contributed by atoms with Crippen molar-refractivity contribution in [1.82, 2.24) is 4.90 Å². The van der Waals surface area contributed by atoms with E-state index in [2.05, 4.69) is 19.9 Å². The van der Waals surface area contributed by atoms with Gasteiger partial charge in [0.2, 0.25) is 5.91 Å². The monoisotopic (exact) mass is 432 g/mol. The number of cyclic esters (lactones) is 1. The van der Waals surface area contributed by atoms with Crippen molar-refractivity contribution in [2.45, 2.75) is 52.1 Å². The summed E-state index contributed by atoms with van der Waals surface area (Å²) in [4.78, 5) is 27.9. The molecular formula is C27H32N2O3. The third-order valence-electron chi connectivity index (χ3n) is 6.54. The molecule has 0 bridgehead atoms. The van der Waals surface area contributed by atoms with Crippen molar-refractivity contribution in [1.29, 1.82) is 0 Å². The van der Waals surface area contributed by atoms with Gasteiger partial charge in [-0.1, -0.05) is 61.9 Å². The highest BCUT2D eigenvalue weighted by atomic mass is 16.6. The minimum Gasteiger partial charge on any atom is -0.446 e. The number of anilines is 1. The fourth-order valence-electron chi connectivity index (χ4n) is 5.00. The van der Waals surface area contributed by atoms with Crippen LogP contribution in [0.3, 0.4) is 0 Å². The summed E-state index contributed by atoms with van der Waals surface area (Å²) in [5, 5.41) is 0. The van der Waals surface area contributed by atoms with Crippen LogP contribution in [0, 0.1) is 12.8 Å². The van der Waals surface area contributed by atoms with Crippen molar-refractivity contribution in [3.05, 3.63) is 76.4 Å². The molecule has 0 saturated heterocycles. The molecule has 1 amide bonds. The summed E-state index contributed by atoms with van der Waals surface area (Å²) in [7, 11) is 0. The molecule has 0 saturated carbocycles. The standard InChI is InChI=1S/C27H32N2O3/c1-18(2)16-27(21-9-6-7-19(3)15-21)23-17-29(14-13-22(23)26(31)32-27)25(30)12-11-20-8-4-5-10-24(20)28/h4-10,15,18H,11-14,16-17,28H2,1-3H3. The van der Waals surface area contributed by atoms with Crippen molar-refractivity contribution in [3.8, 4) is 0 Å². The van der Waals surface area contributed by atoms with Gasteiger partial charge in [0.1, 0.15) is 0 Å². The molecule has 1 unspecified atom stereocenters. The normalized spacial score (nSPS) is 20.5. The fourth-order valence-corrected chi connectivity index (χ4v) is 5.00. The number of nitrogen functional groups attached to an aromatic ring is 1. The van der Waals surface area contributed by atoms with Crippen LogP contribution in [-0.4, -0.2) is 29.9 Å². The van der Waals surface area contributed by atoms with Gasteiger partial charge in [-0.25, -0.2) is 4.79 Å². The lowest BCUT2D eigenvalue weighted by molar-refractivity contribution is -0.149. The van der Waals surface area contributed by atoms with Gasteiger partial charge in [-0.15, -0.1) is 0 Å². The van der Waals surface area contributed by atoms with Crippen molar-refractivity contribution in [2.24, 2.45) is 5.92 Å². The maximum atomic E-state index is 13.1. The number of carbonyl (C=O) groups excluding carboxylic acids is 2. The van der Waals surface area contributed by atoms with Crippen LogP contribution in [-0.2, 0) is 26.3 Å². The summed E-state index contributed by atoms with van der Waals surface area (Å²) in [5.74, 6) is 0.176. The maximum Gasteiger partial charge on any atom is 0.335 e. The smallest absolute Gasteiger partial charge is 0.335 e. The summed E-state index contributed by atoms with van der Waals surface area (Å²) in [5.41, 5.74) is 10.8. The van der Waals surface area contributed by atoms with E-state index < -0.39 is 5.60 Å². The Bertz CT molecular complexity index is 1070. The summed E-state index contributed by atoms with van der Waals surface area (Å²) >= 11 is 0. The zero-order valence-corrected chi connectivity index (χ0v) is 19.2. The SMILES string of the molecule is Cc1cccc(C2(CC(C)C)OC(=O)C3=C2CN(C(=O)CCc2ccccc2N)CC3)c1. The Morgan fingerprint density at radius 1 is 1.19 bits per heavy atom. The van der Waals surface area contributed by atoms with Crippen molar-refractivity contribution in [2.75, 3.05) is 18.8 Å². The lowest BCUT2D eigenvalue weighted by Gasteiger charge is -2.37. The van der Waals surface area contributed by atoms with E-state index in [0.717, 1.165) is 27.8 Å². The molecule has 2 aromatic carbocycles. The van der Waals surface area contributed by atoms with Crippen LogP contribution in [0.2, 0.25) is 0 Å². The molecule has 168 valence electrons. The van der Waals surface area contributed by atoms with E-state index in [9.17, 15) is 9.59 Å². The second-order valence-corrected chi connectivity index (χ2v) is 9.41. The summed E-state index contributed by atoms with van der Waals surface area (Å²) in [6, 6.07) is 15.9. The van der Waals surface area contributed by atoms with Crippen LogP contribution in [0.15, 0.2) is 59.7 Å². The van der Waals surface area contributed by atoms with Crippen LogP contribution in [0.4, 0.5) is 5.69 Å². The summed E-state index contributed by atoms with van der Waals surface area (Å²) in [6.07, 6.45) is 2.24. The molecule has 32 heavy (non-hydrogen) atoms. The lowest BCUT2D eigenvalue weighted by Crippen LogP contribution is -2.42. The molecule has 2 aliphatic rings. The highest BCUT2D eigenvalue weighted by Crippen LogP contribution is 2.48. The Morgan fingerprint density at radius 2 is 1.97 bits per heavy atom. The number of benzene rings is 2. The van der Waals surface area contributed by atoms with E-state index in [0.29, 0.717) is 50.4 Å². The van der Waals surface area contributed by atoms with Gasteiger partial charge >= 0.3 is 5.97 Å². The van der Waals surface area contributed by atoms with Crippen LogP contribution >= 0.6 is 0 Å². The highest BCUT2D eigenvalue weighted by molar-refractivity contribution is 5.94. The second kappa shape index (κ2) is 8.81. The molecule has 5 heteroatoms. The molecule has 2 heterocycles. The molecule has 0 aliphatic carbocycles. The molecule has 0 aromatic heterocycles. The molecule has 4 rings (SSSR count). The Balaban J connectivity index is 1.60. The largest absolute Gasteiger partial charge is 0.446 e. The van der Waals surface area contributed by atoms with Crippen LogP contribution < -0.4 is 5.73 Å². The lowest BCUT2D eigenvalue weighted by atomic mass is 9.77. The summed E-state index contributed by atoms with van der Waals surface area (Å²) in [6.45, 7) is 7.30. The summed E-state index contributed by atoms with van der Waals surface area (Å²) < 4.78 is 6.15. The Kier molecular flexibility index (Phi) is 6.09. The quantitative estimate of drug-likeness (QED) is 0.537. The number of rotatable bonds is 6. The zero-order chi connectivity index (χ0) is 22.9. The molecule has 0 spiro atoms. The minimum absolute atomic E-state index is 0.0850. The first-order chi connectivity index (χ1) is 15.3. The number of hydrogen-bond donors (Lipinski definition) is 1. The van der Waals surface area contributed by atoms with Crippen LogP contribution in [0.25, 0.3) is 0 Å². The Morgan fingerprint density at radius 3 is 2.69 bits per heavy atom. The number of nitrogens with zero attached hydrogens (tertiary/aromatic N) is 1. The molecule has 0 radical (unpaired) electrons. The first-order valence-electron chi connectivity index (χ1n) is 11.4. The molecule has 2 aliphatic heterocycles. The Labute approximate surface area is 190 Å². The van der Waals surface area contributed by atoms with E-state index in [1.807, 2.05) is 54.3 Å². The van der Waals surface area contributed by atoms with Gasteiger partial charge in [-0.2, -0.15) is 0 Å². The first-order valence-corrected chi connectivity index (χ1v) is 11.4. The Hall–Kier alpha value is -3.08. The predicted octanol–water partition coefficient (Wildman–Crippen LogP) is 4.54. The molecule has 5 nitrogen and oxygen atoms in total. The fraction of sp³-hybridized carbons (Fsp3) is 0.407. The number of nitrogens with two attached hydrogens (primary N) is 1. The molecular weight excluding hydrogens is 400 g/mol. The topological polar surface area (TPSA) is 72.6 Å². The van der Waals surface area contributed by atoms with Crippen molar-refractivity contribution < 1.29 is 14.3 Å². The van der Waals surface area contributed by atoms with Crippen LogP contribution in [0.1, 0.15) is 49.8 Å². The first kappa shape index (κ1) is 22.1. The van der Waals surface area contributed by atoms with Gasteiger partial charge in [-0.3, -0.25) is 4.79 Å². The number of amides is 1. The number of carbonyl (C=O) groups is 2. The third-order valence-corrected chi connectivity index (χ3v) is 6.54. The van der Waals surface area contributed by atoms with Gasteiger partial charge in [0.15, 0.2) is 5.60 Å². The van der Waals surface area contributed by atoms with E-state index >= 15 is 0 Å². The third kappa shape index (κ3) is 4.16. The number of aryl methyl sites for hydroxylation is 2. The molecule has 2 aromatic rings. The van der Waals surface area contributed by atoms with Crippen molar-refractivity contribution >= 4 is 17.6 Å². The molecule has 0 fully saturated rings. The number of esters is 1. The zero-order valence-electron chi connectivity index (χ0n) is 19.2. The van der Waals surface area contributed by atoms with E-state index in [1.54, 1.807) is 0 Å². The van der Waals surface area contributed by atoms with Gasteiger partial charge in [0, 0.05) is 41.9 Å². The second-order valence-electron chi connectivity index (χ2n) is 9.41. The predicted molar refractivity (Wildman–Crippen MR) is 126 cm³/mol. The molecule has 2 N–H and O–H groups in total. The van der Waals surface area contributed by atoms with Gasteiger partial charge in [-0.05, 0) is 43.7 Å². The van der Waals surface area contributed by atoms with E-state index in [-0.39, 0.29) is 11.9 Å². The average molecular weight is 433 g/mol. The van der Waals surface area contributed by atoms with Gasteiger partial charge in [0.25, 0.3) is 0 Å². The highest BCUT2D eigenvalue weighted by Gasteiger charge is 2.50. The van der Waals surface area contributed by atoms with E-state index in [1.165, 1.54) is 0 Å². The minimum atomic E-state index is -0.796. The number of hydrogen-bond acceptors (Lipinski definition) is 4. The van der Waals surface area contributed by atoms with E-state index in [4.69, 9.17) is 10.5 Å². The number of ether oxygens (including phenoxy) is 1. The van der Waals surface area contributed by atoms with Crippen molar-refractivity contribution in [3.63, 3.8) is 0 Å².